The lowest BCUT2D eigenvalue weighted by Crippen LogP contribution is -1.83. The summed E-state index contributed by atoms with van der Waals surface area (Å²) < 4.78 is 0. The van der Waals surface area contributed by atoms with E-state index in [2.05, 4.69) is 23.2 Å². The number of rotatable bonds is 14. The van der Waals surface area contributed by atoms with E-state index in [0.717, 1.165) is 0 Å². The molecule has 0 aliphatic rings. The van der Waals surface area contributed by atoms with E-state index in [1.807, 2.05) is 0 Å². The Labute approximate surface area is 118 Å². The molecule has 0 aliphatic carbocycles. The van der Waals surface area contributed by atoms with Crippen molar-refractivity contribution in [3.63, 3.8) is 0 Å². The molecule has 0 aromatic heterocycles. The van der Waals surface area contributed by atoms with Gasteiger partial charge in [-0.2, -0.15) is 0 Å². The molecular weight excluding hydrogens is 219 g/mol. The van der Waals surface area contributed by atoms with Crippen molar-refractivity contribution >= 4 is 16.3 Å². The Kier molecular flexibility index (Phi) is 17.1. The fourth-order valence-electron chi connectivity index (χ4n) is 2.37. The third-order valence-electron chi connectivity index (χ3n) is 3.60. The second-order valence-corrected chi connectivity index (χ2v) is 6.16. The van der Waals surface area contributed by atoms with Crippen LogP contribution >= 0.6 is 0 Å². The van der Waals surface area contributed by atoms with Crippen LogP contribution < -0.4 is 0 Å². The maximum atomic E-state index is 2.29. The Hall–Kier alpha value is 0.532. The van der Waals surface area contributed by atoms with Gasteiger partial charge in [0.2, 0.25) is 0 Å². The molecule has 0 aromatic rings. The first-order valence-corrected chi connectivity index (χ1v) is 9.21. The minimum atomic E-state index is 1.37. The molecule has 0 aromatic carbocycles. The van der Waals surface area contributed by atoms with Gasteiger partial charge in [-0.15, -0.1) is 5.28 Å². The van der Waals surface area contributed by atoms with Gasteiger partial charge in [0.05, 0.1) is 0 Å². The molecule has 0 aliphatic heterocycles. The molecule has 1 radical (unpaired) electrons. The summed E-state index contributed by atoms with van der Waals surface area (Å²) in [6.45, 7) is 2.29. The molecule has 0 saturated heterocycles. The van der Waals surface area contributed by atoms with Crippen LogP contribution in [0.3, 0.4) is 0 Å². The summed E-state index contributed by atoms with van der Waals surface area (Å²) in [5.74, 6) is 0. The van der Waals surface area contributed by atoms with Gasteiger partial charge in [-0.05, 0) is 0 Å². The first-order chi connectivity index (χ1) is 8.41. The Balaban J connectivity index is 2.85. The largest absolute Gasteiger partial charge is 0.173 e. The predicted octanol–water partition coefficient (Wildman–Crippen LogP) is 5.79. The highest BCUT2D eigenvalue weighted by molar-refractivity contribution is 6.08. The Morgan fingerprint density at radius 3 is 1.06 bits per heavy atom. The zero-order valence-corrected chi connectivity index (χ0v) is 13.7. The van der Waals surface area contributed by atoms with Gasteiger partial charge in [0.1, 0.15) is 0 Å². The minimum absolute atomic E-state index is 1.37. The second-order valence-electron chi connectivity index (χ2n) is 5.45. The summed E-state index contributed by atoms with van der Waals surface area (Å²) in [6.07, 6.45) is 20.6. The highest BCUT2D eigenvalue weighted by atomic mass is 27.0. The van der Waals surface area contributed by atoms with Crippen molar-refractivity contribution in [2.24, 2.45) is 0 Å². The van der Waals surface area contributed by atoms with E-state index in [0.29, 0.717) is 0 Å². The van der Waals surface area contributed by atoms with E-state index in [9.17, 15) is 0 Å². The highest BCUT2D eigenvalue weighted by Gasteiger charge is 1.93. The van der Waals surface area contributed by atoms with E-state index < -0.39 is 0 Å². The number of hydrogen-bond acceptors (Lipinski definition) is 0. The van der Waals surface area contributed by atoms with Crippen molar-refractivity contribution in [2.45, 2.75) is 102 Å². The molecule has 1 heteroatoms. The normalized spacial score (nSPS) is 10.9. The van der Waals surface area contributed by atoms with Crippen LogP contribution in [0.15, 0.2) is 0 Å². The maximum Gasteiger partial charge on any atom is 0.173 e. The molecule has 0 fully saturated rings. The molecule has 0 bridgehead atoms. The minimum Gasteiger partial charge on any atom is -0.109 e. The molecule has 17 heavy (non-hydrogen) atoms. The van der Waals surface area contributed by atoms with E-state index in [-0.39, 0.29) is 0 Å². The van der Waals surface area contributed by atoms with E-state index in [1.54, 1.807) is 0 Å². The molecule has 0 rings (SSSR count). The lowest BCUT2D eigenvalue weighted by Gasteiger charge is -2.02. The Morgan fingerprint density at radius 1 is 0.471 bits per heavy atom. The molecule has 0 spiro atoms. The standard InChI is InChI=1S/C16H33.Al.H/c1-3-5-7-9-11-13-15-16-14-12-10-8-6-4-2;;/h1,3-16H2,2H3;;. The van der Waals surface area contributed by atoms with E-state index in [1.165, 1.54) is 95.2 Å². The van der Waals surface area contributed by atoms with Gasteiger partial charge in [0.15, 0.2) is 16.3 Å². The first-order valence-electron chi connectivity index (χ1n) is 8.21. The van der Waals surface area contributed by atoms with Crippen molar-refractivity contribution in [2.75, 3.05) is 0 Å². The van der Waals surface area contributed by atoms with Gasteiger partial charge < -0.3 is 0 Å². The van der Waals surface area contributed by atoms with Crippen LogP contribution in [0.4, 0.5) is 0 Å². The molecule has 0 nitrogen and oxygen atoms in total. The lowest BCUT2D eigenvalue weighted by atomic mass is 10.0. The average molecular weight is 253 g/mol. The quantitative estimate of drug-likeness (QED) is 0.271. The zero-order chi connectivity index (χ0) is 12.6. The molecule has 0 heterocycles. The van der Waals surface area contributed by atoms with Gasteiger partial charge in [-0.25, -0.2) is 0 Å². The zero-order valence-electron chi connectivity index (χ0n) is 12.3. The van der Waals surface area contributed by atoms with Gasteiger partial charge >= 0.3 is 0 Å². The molecule has 0 unspecified atom stereocenters. The number of hydrogen-bond donors (Lipinski definition) is 0. The van der Waals surface area contributed by atoms with Crippen LogP contribution in [0.5, 0.6) is 0 Å². The van der Waals surface area contributed by atoms with Crippen LogP contribution in [0.1, 0.15) is 96.8 Å². The molecule has 0 atom stereocenters. The van der Waals surface area contributed by atoms with E-state index in [4.69, 9.17) is 0 Å². The fraction of sp³-hybridized carbons (Fsp3) is 1.00. The monoisotopic (exact) mass is 253 g/mol. The first kappa shape index (κ1) is 17.5. The van der Waals surface area contributed by atoms with Gasteiger partial charge in [0.25, 0.3) is 0 Å². The van der Waals surface area contributed by atoms with Crippen molar-refractivity contribution < 1.29 is 0 Å². The van der Waals surface area contributed by atoms with Crippen molar-refractivity contribution in [1.29, 1.82) is 0 Å². The molecule has 0 N–H and O–H groups in total. The third-order valence-corrected chi connectivity index (χ3v) is 4.10. The number of unbranched alkanes of at least 4 members (excludes halogenated alkanes) is 13. The fourth-order valence-corrected chi connectivity index (χ4v) is 2.72. The predicted molar refractivity (Wildman–Crippen MR) is 82.3 cm³/mol. The highest BCUT2D eigenvalue weighted by Crippen LogP contribution is 2.12. The lowest BCUT2D eigenvalue weighted by molar-refractivity contribution is 0.538. The second kappa shape index (κ2) is 16.5. The van der Waals surface area contributed by atoms with Crippen LogP contribution in [0.25, 0.3) is 0 Å². The van der Waals surface area contributed by atoms with Gasteiger partial charge in [0, 0.05) is 0 Å². The summed E-state index contributed by atoms with van der Waals surface area (Å²) >= 11 is 2.12. The van der Waals surface area contributed by atoms with Crippen molar-refractivity contribution in [3.8, 4) is 0 Å². The van der Waals surface area contributed by atoms with Crippen LogP contribution in [-0.2, 0) is 0 Å². The average Bonchev–Trinajstić information content (AvgIpc) is 2.35. The molecule has 101 valence electrons. The van der Waals surface area contributed by atoms with Crippen LogP contribution in [-0.4, -0.2) is 16.3 Å². The molecule has 0 amide bonds. The third kappa shape index (κ3) is 16.5. The van der Waals surface area contributed by atoms with Crippen molar-refractivity contribution in [3.05, 3.63) is 0 Å². The summed E-state index contributed by atoms with van der Waals surface area (Å²) in [6, 6.07) is 0. The Morgan fingerprint density at radius 2 is 0.765 bits per heavy atom. The van der Waals surface area contributed by atoms with Crippen LogP contribution in [0, 0.1) is 0 Å². The smallest absolute Gasteiger partial charge is 0.109 e. The molecular formula is C16H34Al. The summed E-state index contributed by atoms with van der Waals surface area (Å²) in [7, 11) is 0. The maximum absolute atomic E-state index is 2.29. The molecule has 0 saturated carbocycles. The Bertz CT molecular complexity index is 109. The SMILES string of the molecule is CCCCCCCCCCCCCCC[CH2][AlH]. The summed E-state index contributed by atoms with van der Waals surface area (Å²) in [5.41, 5.74) is 0. The van der Waals surface area contributed by atoms with Gasteiger partial charge in [-0.1, -0.05) is 96.8 Å². The van der Waals surface area contributed by atoms with Gasteiger partial charge in [-0.3, -0.25) is 0 Å². The van der Waals surface area contributed by atoms with E-state index >= 15 is 0 Å². The summed E-state index contributed by atoms with van der Waals surface area (Å²) in [5, 5.41) is 1.40. The van der Waals surface area contributed by atoms with Crippen molar-refractivity contribution in [1.82, 2.24) is 0 Å². The topological polar surface area (TPSA) is 0 Å². The van der Waals surface area contributed by atoms with Crippen LogP contribution in [0.2, 0.25) is 5.28 Å². The summed E-state index contributed by atoms with van der Waals surface area (Å²) in [4.78, 5) is 0.